The lowest BCUT2D eigenvalue weighted by molar-refractivity contribution is -0.136. The smallest absolute Gasteiger partial charge is 0.328 e. The zero-order chi connectivity index (χ0) is 26.5. The number of hydrogen-bond acceptors (Lipinski definition) is 7. The minimum Gasteiger partial charge on any atom is -0.489 e. The fourth-order valence-electron chi connectivity index (χ4n) is 4.55. The summed E-state index contributed by atoms with van der Waals surface area (Å²) in [5.41, 5.74) is 6.14. The molecule has 9 nitrogen and oxygen atoms in total. The molecule has 0 radical (unpaired) electrons. The maximum Gasteiger partial charge on any atom is 0.328 e. The first-order valence-corrected chi connectivity index (χ1v) is 12.5. The summed E-state index contributed by atoms with van der Waals surface area (Å²) in [5.74, 6) is 0.950. The Bertz CT molecular complexity index is 1330. The third kappa shape index (κ3) is 5.36. The Kier molecular flexibility index (Phi) is 7.35. The first-order valence-electron chi connectivity index (χ1n) is 12.5. The second kappa shape index (κ2) is 11.2. The molecule has 5 rings (SSSR count). The van der Waals surface area contributed by atoms with Crippen molar-refractivity contribution in [3.8, 4) is 5.75 Å². The molecule has 0 spiro atoms. The molecule has 38 heavy (non-hydrogen) atoms. The van der Waals surface area contributed by atoms with Gasteiger partial charge in [0, 0.05) is 20.6 Å². The zero-order valence-electron chi connectivity index (χ0n) is 21.4. The summed E-state index contributed by atoms with van der Waals surface area (Å²) in [4.78, 5) is 34.8. The number of ether oxygens (including phenoxy) is 1. The summed E-state index contributed by atoms with van der Waals surface area (Å²) in [5, 5.41) is 4.38. The van der Waals surface area contributed by atoms with E-state index in [-0.39, 0.29) is 11.9 Å². The van der Waals surface area contributed by atoms with Crippen LogP contribution in [0.4, 0.5) is 4.79 Å². The van der Waals surface area contributed by atoms with Gasteiger partial charge in [0.2, 0.25) is 5.96 Å². The topological polar surface area (TPSA) is 89.8 Å². The number of nitrogens with zero attached hydrogens (tertiary/aromatic N) is 5. The molecule has 0 bridgehead atoms. The molecular weight excluding hydrogens is 480 g/mol. The standard InChI is InChI=1S/C29H30N6O3/c1-33-26-25(27(36)34(2)29(33)37)35(18-17-21-9-5-3-6-10-21)28(31-26)32-30-19-22-13-15-24(16-14-22)38-20-23-11-7-4-8-12-23/h3-16,19,25-26H,17-18,20H2,1-2H3,(H,31,32)/b30-19+. The van der Waals surface area contributed by atoms with Crippen LogP contribution < -0.4 is 10.2 Å². The quantitative estimate of drug-likeness (QED) is 0.371. The second-order valence-corrected chi connectivity index (χ2v) is 9.24. The highest BCUT2D eigenvalue weighted by atomic mass is 16.5. The van der Waals surface area contributed by atoms with Crippen LogP contribution in [0.15, 0.2) is 95.0 Å². The number of hydrogen-bond donors (Lipinski definition) is 1. The van der Waals surface area contributed by atoms with Gasteiger partial charge in [-0.2, -0.15) is 5.10 Å². The number of rotatable bonds is 8. The molecule has 3 amide bonds. The number of hydrazone groups is 1. The molecular formula is C29H30N6O3. The SMILES string of the molecule is CN1C(=O)C2C(N=C(N/N=C/c3ccc(OCc4ccccc4)cc3)N2CCc2ccccc2)N(C)C1=O. The van der Waals surface area contributed by atoms with E-state index < -0.39 is 12.2 Å². The summed E-state index contributed by atoms with van der Waals surface area (Å²) >= 11 is 0. The minimum atomic E-state index is -0.610. The van der Waals surface area contributed by atoms with E-state index in [9.17, 15) is 9.59 Å². The van der Waals surface area contributed by atoms with E-state index in [4.69, 9.17) is 4.74 Å². The number of benzene rings is 3. The molecule has 0 aromatic heterocycles. The summed E-state index contributed by atoms with van der Waals surface area (Å²) in [6, 6.07) is 26.7. The summed E-state index contributed by atoms with van der Waals surface area (Å²) < 4.78 is 5.85. The Hall–Kier alpha value is -4.66. The Labute approximate surface area is 222 Å². The lowest BCUT2D eigenvalue weighted by atomic mass is 10.1. The molecule has 3 aromatic carbocycles. The first-order chi connectivity index (χ1) is 18.5. The maximum absolute atomic E-state index is 13.1. The third-order valence-corrected chi connectivity index (χ3v) is 6.70. The van der Waals surface area contributed by atoms with E-state index >= 15 is 0 Å². The lowest BCUT2D eigenvalue weighted by Gasteiger charge is -2.39. The Morgan fingerprint density at radius 2 is 1.58 bits per heavy atom. The van der Waals surface area contributed by atoms with Crippen molar-refractivity contribution in [3.05, 3.63) is 102 Å². The highest BCUT2D eigenvalue weighted by Gasteiger charge is 2.50. The van der Waals surface area contributed by atoms with E-state index in [2.05, 4.69) is 15.5 Å². The van der Waals surface area contributed by atoms with Crippen LogP contribution in [0.25, 0.3) is 0 Å². The molecule has 1 N–H and O–H groups in total. The highest BCUT2D eigenvalue weighted by molar-refractivity contribution is 6.03. The van der Waals surface area contributed by atoms with Crippen molar-refractivity contribution in [1.29, 1.82) is 0 Å². The number of aliphatic imine (C=N–C) groups is 1. The van der Waals surface area contributed by atoms with E-state index in [1.54, 1.807) is 13.3 Å². The molecule has 1 fully saturated rings. The zero-order valence-corrected chi connectivity index (χ0v) is 21.4. The summed E-state index contributed by atoms with van der Waals surface area (Å²) in [6.45, 7) is 1.04. The van der Waals surface area contributed by atoms with Gasteiger partial charge >= 0.3 is 6.03 Å². The van der Waals surface area contributed by atoms with Crippen LogP contribution in [-0.2, 0) is 17.8 Å². The van der Waals surface area contributed by atoms with E-state index in [0.717, 1.165) is 27.3 Å². The summed E-state index contributed by atoms with van der Waals surface area (Å²) in [6.07, 6.45) is 1.79. The minimum absolute atomic E-state index is 0.276. The van der Waals surface area contributed by atoms with Crippen LogP contribution in [0.1, 0.15) is 16.7 Å². The van der Waals surface area contributed by atoms with Crippen LogP contribution in [0.2, 0.25) is 0 Å². The number of amides is 3. The van der Waals surface area contributed by atoms with Crippen molar-refractivity contribution in [2.24, 2.45) is 10.1 Å². The van der Waals surface area contributed by atoms with Crippen LogP contribution in [0, 0.1) is 0 Å². The number of fused-ring (bicyclic) bond motifs is 1. The first kappa shape index (κ1) is 25.0. The molecule has 2 aliphatic heterocycles. The van der Waals surface area contributed by atoms with Crippen LogP contribution in [-0.4, -0.2) is 71.7 Å². The van der Waals surface area contributed by atoms with Gasteiger partial charge in [0.15, 0.2) is 12.2 Å². The predicted molar refractivity (Wildman–Crippen MR) is 146 cm³/mol. The molecule has 0 saturated carbocycles. The van der Waals surface area contributed by atoms with Gasteiger partial charge in [-0.25, -0.2) is 15.2 Å². The number of imide groups is 1. The number of likely N-dealkylation sites (N-methyl/N-ethyl adjacent to an activating group) is 2. The molecule has 0 aliphatic carbocycles. The van der Waals surface area contributed by atoms with Gasteiger partial charge in [-0.05, 0) is 47.4 Å². The van der Waals surface area contributed by atoms with Crippen LogP contribution >= 0.6 is 0 Å². The van der Waals surface area contributed by atoms with Crippen molar-refractivity contribution in [1.82, 2.24) is 20.1 Å². The van der Waals surface area contributed by atoms with Crippen molar-refractivity contribution in [3.63, 3.8) is 0 Å². The molecule has 3 aromatic rings. The maximum atomic E-state index is 13.1. The average Bonchev–Trinajstić information content (AvgIpc) is 3.33. The lowest BCUT2D eigenvalue weighted by Crippen LogP contribution is -2.64. The molecule has 2 aliphatic rings. The molecule has 194 valence electrons. The van der Waals surface area contributed by atoms with Crippen LogP contribution in [0.3, 0.4) is 0 Å². The van der Waals surface area contributed by atoms with Crippen LogP contribution in [0.5, 0.6) is 5.75 Å². The normalized spacial score (nSPS) is 19.1. The monoisotopic (exact) mass is 510 g/mol. The average molecular weight is 511 g/mol. The Morgan fingerprint density at radius 3 is 2.26 bits per heavy atom. The molecule has 2 atom stereocenters. The second-order valence-electron chi connectivity index (χ2n) is 9.24. The van der Waals surface area contributed by atoms with E-state index in [1.165, 1.54) is 11.9 Å². The summed E-state index contributed by atoms with van der Waals surface area (Å²) in [7, 11) is 3.17. The van der Waals surface area contributed by atoms with Crippen molar-refractivity contribution in [2.45, 2.75) is 25.2 Å². The molecule has 1 saturated heterocycles. The largest absolute Gasteiger partial charge is 0.489 e. The van der Waals surface area contributed by atoms with Gasteiger partial charge in [0.05, 0.1) is 6.21 Å². The number of carbonyl (C=O) groups is 2. The van der Waals surface area contributed by atoms with E-state index in [1.807, 2.05) is 89.8 Å². The number of guanidine groups is 1. The number of urea groups is 1. The Balaban J connectivity index is 1.26. The predicted octanol–water partition coefficient (Wildman–Crippen LogP) is 3.32. The molecule has 2 unspecified atom stereocenters. The number of carbonyl (C=O) groups excluding carboxylic acids is 2. The van der Waals surface area contributed by atoms with Crippen molar-refractivity contribution < 1.29 is 14.3 Å². The van der Waals surface area contributed by atoms with Gasteiger partial charge in [-0.1, -0.05) is 60.7 Å². The fraction of sp³-hybridized carbons (Fsp3) is 0.241. The van der Waals surface area contributed by atoms with Crippen molar-refractivity contribution >= 4 is 24.1 Å². The third-order valence-electron chi connectivity index (χ3n) is 6.70. The van der Waals surface area contributed by atoms with Gasteiger partial charge in [-0.3, -0.25) is 9.69 Å². The molecule has 2 heterocycles. The van der Waals surface area contributed by atoms with Gasteiger partial charge in [0.25, 0.3) is 5.91 Å². The number of nitrogens with one attached hydrogen (secondary N) is 1. The van der Waals surface area contributed by atoms with Gasteiger partial charge in [0.1, 0.15) is 12.4 Å². The Morgan fingerprint density at radius 1 is 0.921 bits per heavy atom. The highest BCUT2D eigenvalue weighted by Crippen LogP contribution is 2.27. The molecule has 9 heteroatoms. The van der Waals surface area contributed by atoms with Gasteiger partial charge < -0.3 is 14.5 Å². The van der Waals surface area contributed by atoms with Crippen molar-refractivity contribution in [2.75, 3.05) is 20.6 Å². The fourth-order valence-corrected chi connectivity index (χ4v) is 4.55. The van der Waals surface area contributed by atoms with Gasteiger partial charge in [-0.15, -0.1) is 0 Å². The van der Waals surface area contributed by atoms with E-state index in [0.29, 0.717) is 25.5 Å².